The van der Waals surface area contributed by atoms with Crippen molar-refractivity contribution in [2.45, 2.75) is 0 Å². The van der Waals surface area contributed by atoms with Gasteiger partial charge in [0.05, 0.1) is 0 Å². The van der Waals surface area contributed by atoms with E-state index in [0.717, 1.165) is 0 Å². The third-order valence-corrected chi connectivity index (χ3v) is 0.616. The molecule has 0 aliphatic rings. The highest BCUT2D eigenvalue weighted by Gasteiger charge is 2.00. The summed E-state index contributed by atoms with van der Waals surface area (Å²) in [4.78, 5) is 0. The van der Waals surface area contributed by atoms with Crippen molar-refractivity contribution in [1.82, 2.24) is 0 Å². The first-order valence-electron chi connectivity index (χ1n) is 4.03. The summed E-state index contributed by atoms with van der Waals surface area (Å²) in [5.74, 6) is 0. The summed E-state index contributed by atoms with van der Waals surface area (Å²) in [6, 6.07) is 0. The quantitative estimate of drug-likeness (QED) is 0.118. The minimum Gasteiger partial charge on any atom is -0.219 e. The second-order valence-electron chi connectivity index (χ2n) is 1.58. The molecule has 25 heavy (non-hydrogen) atoms. The molecule has 25 heteroatoms. The molecule has 0 aromatic rings. The van der Waals surface area contributed by atoms with Gasteiger partial charge in [0.1, 0.15) is 0 Å². The minimum atomic E-state index is 2.87. The van der Waals surface area contributed by atoms with E-state index in [4.69, 9.17) is 10.5 Å². The molecule has 0 heterocycles. The van der Waals surface area contributed by atoms with Crippen molar-refractivity contribution in [2.24, 2.45) is 0 Å². The molecule has 0 saturated heterocycles. The predicted molar refractivity (Wildman–Crippen MR) is 30.2 cm³/mol. The molecule has 152 valence electrons. The number of rotatable bonds is 22. The smallest absolute Gasteiger partial charge is 0 e. The van der Waals surface area contributed by atoms with Gasteiger partial charge in [0.25, 0.3) is 0 Å². The van der Waals surface area contributed by atoms with Crippen LogP contribution in [0.3, 0.4) is 0 Å². The molecule has 0 atom stereocenters. The molecule has 0 rings (SSSR count). The van der Waals surface area contributed by atoms with Gasteiger partial charge in [0.15, 0.2) is 0 Å². The lowest BCUT2D eigenvalue weighted by Gasteiger charge is -1.99. The molecule has 0 bridgehead atoms. The fourth-order valence-corrected chi connectivity index (χ4v) is 0.240. The maximum absolute atomic E-state index is 7.51. The molecule has 0 radical (unpaired) electrons. The average molecular weight is 402 g/mol. The SMILES string of the molecule is OOOOOOOOOOOOOOOOOOOOOOOOO. The molecule has 0 saturated carbocycles. The van der Waals surface area contributed by atoms with Crippen LogP contribution in [0.25, 0.3) is 0 Å². The Kier molecular flexibility index (Phi) is 22.1. The van der Waals surface area contributed by atoms with Gasteiger partial charge in [0, 0.05) is 35.3 Å². The van der Waals surface area contributed by atoms with Gasteiger partial charge in [-0.1, -0.05) is 0 Å². The molecular weight excluding hydrogens is 400 g/mol. The van der Waals surface area contributed by atoms with Gasteiger partial charge in [0.2, 0.25) is 0 Å². The zero-order chi connectivity index (χ0) is 18.3. The summed E-state index contributed by atoms with van der Waals surface area (Å²) < 4.78 is 0. The monoisotopic (exact) mass is 402 g/mol. The topological polar surface area (TPSA) is 253 Å². The predicted octanol–water partition coefficient (Wildman–Crippen LogP) is -1.56. The molecule has 0 amide bonds. The highest BCUT2D eigenvalue weighted by Crippen LogP contribution is 1.93. The second-order valence-corrected chi connectivity index (χ2v) is 1.58. The van der Waals surface area contributed by atoms with E-state index in [1.165, 1.54) is 0 Å². The number of hydrogen-bond donors (Lipinski definition) is 2. The molecule has 0 aliphatic heterocycles. The molecular formula is H2O25. The third-order valence-electron chi connectivity index (χ3n) is 0.616. The first-order chi connectivity index (χ1) is 12.4. The second kappa shape index (κ2) is 23.0. The van der Waals surface area contributed by atoms with Crippen LogP contribution < -0.4 is 0 Å². The van der Waals surface area contributed by atoms with Crippen molar-refractivity contribution in [1.29, 1.82) is 0 Å². The van der Waals surface area contributed by atoms with Gasteiger partial charge in [-0.05, 0) is 80.6 Å². The lowest BCUT2D eigenvalue weighted by molar-refractivity contribution is -0.900. The first-order valence-corrected chi connectivity index (χ1v) is 4.03. The van der Waals surface area contributed by atoms with Gasteiger partial charge in [-0.3, -0.25) is 0 Å². The maximum atomic E-state index is 7.51. The van der Waals surface area contributed by atoms with Crippen molar-refractivity contribution in [3.05, 3.63) is 0 Å². The van der Waals surface area contributed by atoms with Crippen molar-refractivity contribution < 1.29 is 126 Å². The molecule has 0 aromatic carbocycles. The standard InChI is InChI=1S/H2O25/c1-3-5-7-9-11-13-15-17-19-21-23-25-24-22-20-18-16-14-12-10-8-6-4-2/h1-2H. The molecule has 2 N–H and O–H groups in total. The van der Waals surface area contributed by atoms with E-state index >= 15 is 0 Å². The Balaban J connectivity index is 2.94. The largest absolute Gasteiger partial charge is 0.219 e. The summed E-state index contributed by atoms with van der Waals surface area (Å²) in [5, 5.41) is 92.5. The van der Waals surface area contributed by atoms with Crippen molar-refractivity contribution in [3.63, 3.8) is 0 Å². The zero-order valence-corrected chi connectivity index (χ0v) is 10.3. The van der Waals surface area contributed by atoms with Crippen molar-refractivity contribution in [2.75, 3.05) is 0 Å². The molecule has 0 aromatic heterocycles. The van der Waals surface area contributed by atoms with E-state index in [9.17, 15) is 0 Å². The molecule has 0 aliphatic carbocycles. The van der Waals surface area contributed by atoms with Gasteiger partial charge in [-0.15, -0.1) is 0 Å². The third kappa shape index (κ3) is 23.0. The summed E-state index contributed by atoms with van der Waals surface area (Å²) >= 11 is 0. The summed E-state index contributed by atoms with van der Waals surface area (Å²) in [5.41, 5.74) is 0. The van der Waals surface area contributed by atoms with E-state index in [1.807, 2.05) is 0 Å². The van der Waals surface area contributed by atoms with E-state index in [0.29, 0.717) is 0 Å². The van der Waals surface area contributed by atoms with Gasteiger partial charge < -0.3 is 0 Å². The normalized spacial score (nSPS) is 11.3. The van der Waals surface area contributed by atoms with Crippen molar-refractivity contribution in [3.8, 4) is 0 Å². The Morgan fingerprint density at radius 3 is 0.440 bits per heavy atom. The van der Waals surface area contributed by atoms with Crippen LogP contribution in [-0.2, 0) is 116 Å². The lowest BCUT2D eigenvalue weighted by atomic mass is 14.0. The summed E-state index contributed by atoms with van der Waals surface area (Å²) in [6.45, 7) is 0. The zero-order valence-electron chi connectivity index (χ0n) is 10.3. The van der Waals surface area contributed by atoms with E-state index < -0.39 is 0 Å². The highest BCUT2D eigenvalue weighted by atomic mass is 18.0. The van der Waals surface area contributed by atoms with Crippen LogP contribution in [0, 0.1) is 0 Å². The molecule has 0 unspecified atom stereocenters. The van der Waals surface area contributed by atoms with Crippen molar-refractivity contribution >= 4 is 0 Å². The summed E-state index contributed by atoms with van der Waals surface area (Å²) in [7, 11) is 0. The van der Waals surface area contributed by atoms with Crippen LogP contribution in [0.1, 0.15) is 0 Å². The van der Waals surface area contributed by atoms with Crippen LogP contribution in [-0.4, -0.2) is 10.5 Å². The molecule has 0 spiro atoms. The highest BCUT2D eigenvalue weighted by molar-refractivity contribution is 3.09. The van der Waals surface area contributed by atoms with E-state index in [2.05, 4.69) is 116 Å². The fraction of sp³-hybridized carbons (Fsp3) is 0. The van der Waals surface area contributed by atoms with Crippen LogP contribution in [0.4, 0.5) is 0 Å². The Morgan fingerprint density at radius 1 is 0.200 bits per heavy atom. The Morgan fingerprint density at radius 2 is 0.320 bits per heavy atom. The first kappa shape index (κ1) is 24.0. The van der Waals surface area contributed by atoms with E-state index in [-0.39, 0.29) is 0 Å². The van der Waals surface area contributed by atoms with Gasteiger partial charge >= 0.3 is 0 Å². The Bertz CT molecular complexity index is 186. The van der Waals surface area contributed by atoms with Gasteiger partial charge in [-0.25, -0.2) is 10.5 Å². The number of hydrogen-bond acceptors (Lipinski definition) is 25. The molecule has 0 fully saturated rings. The lowest BCUT2D eigenvalue weighted by Crippen LogP contribution is -2.05. The van der Waals surface area contributed by atoms with E-state index in [1.54, 1.807) is 0 Å². The maximum Gasteiger partial charge on any atom is 0 e. The molecule has 25 nitrogen and oxygen atoms in total. The average Bonchev–Trinajstić information content (AvgIpc) is 2.63. The Hall–Kier alpha value is -1.00. The minimum absolute atomic E-state index is 2.87. The van der Waals surface area contributed by atoms with Crippen LogP contribution in [0.5, 0.6) is 0 Å². The van der Waals surface area contributed by atoms with Crippen LogP contribution in [0.2, 0.25) is 0 Å². The van der Waals surface area contributed by atoms with Crippen LogP contribution >= 0.6 is 0 Å². The fourth-order valence-electron chi connectivity index (χ4n) is 0.240. The van der Waals surface area contributed by atoms with Crippen LogP contribution in [0.15, 0.2) is 0 Å². The Labute approximate surface area is 128 Å². The summed E-state index contributed by atoms with van der Waals surface area (Å²) in [6.07, 6.45) is 0. The van der Waals surface area contributed by atoms with Gasteiger partial charge in [-0.2, -0.15) is 0 Å².